The standard InChI is InChI=1S/C20H21BrN2O2S/c1-14(2)13-23-19(24)17-5-3-4-6-18(17)22-20(23)26-12-11-25-16-9-7-15(21)8-10-16/h3-10,14H,11-13H2,1-2H3. The smallest absolute Gasteiger partial charge is 0.262 e. The predicted molar refractivity (Wildman–Crippen MR) is 111 cm³/mol. The van der Waals surface area contributed by atoms with Crippen LogP contribution in [0.3, 0.4) is 0 Å². The third kappa shape index (κ3) is 4.68. The number of nitrogens with zero attached hydrogens (tertiary/aromatic N) is 2. The molecule has 0 N–H and O–H groups in total. The van der Waals surface area contributed by atoms with Gasteiger partial charge in [0.05, 0.1) is 17.5 Å². The van der Waals surface area contributed by atoms with E-state index in [1.807, 2.05) is 48.5 Å². The third-order valence-corrected chi connectivity index (χ3v) is 5.24. The number of rotatable bonds is 7. The second-order valence-electron chi connectivity index (χ2n) is 6.37. The first-order valence-corrected chi connectivity index (χ1v) is 10.3. The zero-order valence-corrected chi connectivity index (χ0v) is 17.2. The molecule has 136 valence electrons. The summed E-state index contributed by atoms with van der Waals surface area (Å²) in [4.78, 5) is 17.6. The molecule has 0 aliphatic rings. The normalized spacial score (nSPS) is 11.2. The monoisotopic (exact) mass is 432 g/mol. The van der Waals surface area contributed by atoms with E-state index in [9.17, 15) is 4.79 Å². The minimum atomic E-state index is 0.0284. The molecule has 0 unspecified atom stereocenters. The molecule has 3 rings (SSSR count). The number of halogens is 1. The molecule has 1 heterocycles. The quantitative estimate of drug-likeness (QED) is 0.299. The fraction of sp³-hybridized carbons (Fsp3) is 0.300. The van der Waals surface area contributed by atoms with Crippen molar-refractivity contribution in [2.45, 2.75) is 25.5 Å². The fourth-order valence-corrected chi connectivity index (χ4v) is 3.70. The van der Waals surface area contributed by atoms with Crippen LogP contribution in [-0.2, 0) is 6.54 Å². The zero-order chi connectivity index (χ0) is 18.5. The lowest BCUT2D eigenvalue weighted by molar-refractivity contribution is 0.343. The van der Waals surface area contributed by atoms with E-state index in [-0.39, 0.29) is 5.56 Å². The van der Waals surface area contributed by atoms with Crippen molar-refractivity contribution in [3.63, 3.8) is 0 Å². The summed E-state index contributed by atoms with van der Waals surface area (Å²) in [5.74, 6) is 1.92. The number of aromatic nitrogens is 2. The van der Waals surface area contributed by atoms with Gasteiger partial charge >= 0.3 is 0 Å². The molecule has 4 nitrogen and oxygen atoms in total. The lowest BCUT2D eigenvalue weighted by atomic mass is 10.2. The van der Waals surface area contributed by atoms with Gasteiger partial charge in [-0.3, -0.25) is 9.36 Å². The van der Waals surface area contributed by atoms with Crippen LogP contribution < -0.4 is 10.3 Å². The maximum absolute atomic E-state index is 12.8. The predicted octanol–water partition coefficient (Wildman–Crippen LogP) is 4.99. The van der Waals surface area contributed by atoms with Crippen molar-refractivity contribution < 1.29 is 4.74 Å². The summed E-state index contributed by atoms with van der Waals surface area (Å²) in [6, 6.07) is 15.3. The van der Waals surface area contributed by atoms with E-state index >= 15 is 0 Å². The molecule has 0 spiro atoms. The largest absolute Gasteiger partial charge is 0.493 e. The number of para-hydroxylation sites is 1. The molecule has 0 radical (unpaired) electrons. The molecule has 0 bridgehead atoms. The SMILES string of the molecule is CC(C)Cn1c(SCCOc2ccc(Br)cc2)nc2ccccc2c1=O. The second-order valence-corrected chi connectivity index (χ2v) is 8.35. The Labute approximate surface area is 165 Å². The second kappa shape index (κ2) is 8.73. The van der Waals surface area contributed by atoms with E-state index in [0.29, 0.717) is 24.5 Å². The number of ether oxygens (including phenoxy) is 1. The summed E-state index contributed by atoms with van der Waals surface area (Å²) in [6.45, 7) is 5.42. The van der Waals surface area contributed by atoms with Crippen LogP contribution in [-0.4, -0.2) is 21.9 Å². The lowest BCUT2D eigenvalue weighted by Gasteiger charge is -2.15. The van der Waals surface area contributed by atoms with E-state index < -0.39 is 0 Å². The average molecular weight is 433 g/mol. The highest BCUT2D eigenvalue weighted by Crippen LogP contribution is 2.20. The molecule has 3 aromatic rings. The molecule has 6 heteroatoms. The van der Waals surface area contributed by atoms with Crippen molar-refractivity contribution in [3.8, 4) is 5.75 Å². The van der Waals surface area contributed by atoms with Gasteiger partial charge in [0.2, 0.25) is 0 Å². The summed E-state index contributed by atoms with van der Waals surface area (Å²) >= 11 is 4.97. The lowest BCUT2D eigenvalue weighted by Crippen LogP contribution is -2.25. The average Bonchev–Trinajstić information content (AvgIpc) is 2.63. The molecular weight excluding hydrogens is 412 g/mol. The number of hydrogen-bond acceptors (Lipinski definition) is 4. The number of fused-ring (bicyclic) bond motifs is 1. The Balaban J connectivity index is 1.75. The molecule has 2 aromatic carbocycles. The van der Waals surface area contributed by atoms with Crippen molar-refractivity contribution >= 4 is 38.6 Å². The van der Waals surface area contributed by atoms with Crippen LogP contribution in [0.15, 0.2) is 63.0 Å². The fourth-order valence-electron chi connectivity index (χ4n) is 2.61. The van der Waals surface area contributed by atoms with Crippen LogP contribution >= 0.6 is 27.7 Å². The van der Waals surface area contributed by atoms with Crippen molar-refractivity contribution in [2.75, 3.05) is 12.4 Å². The highest BCUT2D eigenvalue weighted by molar-refractivity contribution is 9.10. The van der Waals surface area contributed by atoms with Crippen molar-refractivity contribution in [1.29, 1.82) is 0 Å². The van der Waals surface area contributed by atoms with Crippen molar-refractivity contribution in [3.05, 3.63) is 63.4 Å². The first-order valence-electron chi connectivity index (χ1n) is 8.55. The maximum Gasteiger partial charge on any atom is 0.262 e. The van der Waals surface area contributed by atoms with E-state index in [1.165, 1.54) is 0 Å². The molecule has 0 aliphatic heterocycles. The molecule has 0 atom stereocenters. The first-order chi connectivity index (χ1) is 12.5. The molecule has 0 saturated heterocycles. The van der Waals surface area contributed by atoms with Crippen molar-refractivity contribution in [2.24, 2.45) is 5.92 Å². The molecule has 0 amide bonds. The first kappa shape index (κ1) is 19.0. The van der Waals surface area contributed by atoms with Gasteiger partial charge < -0.3 is 4.74 Å². The van der Waals surface area contributed by atoms with Gasteiger partial charge in [0, 0.05) is 16.8 Å². The summed E-state index contributed by atoms with van der Waals surface area (Å²) in [5, 5.41) is 1.42. The topological polar surface area (TPSA) is 44.1 Å². The number of hydrogen-bond donors (Lipinski definition) is 0. The van der Waals surface area contributed by atoms with Gasteiger partial charge in [0.15, 0.2) is 5.16 Å². The highest BCUT2D eigenvalue weighted by atomic mass is 79.9. The minimum Gasteiger partial charge on any atom is -0.493 e. The summed E-state index contributed by atoms with van der Waals surface area (Å²) in [5.41, 5.74) is 0.773. The molecule has 0 saturated carbocycles. The van der Waals surface area contributed by atoms with Crippen molar-refractivity contribution in [1.82, 2.24) is 9.55 Å². The van der Waals surface area contributed by atoms with Gasteiger partial charge in [0.1, 0.15) is 5.75 Å². The van der Waals surface area contributed by atoms with Gasteiger partial charge in [-0.1, -0.05) is 53.7 Å². The number of benzene rings is 2. The summed E-state index contributed by atoms with van der Waals surface area (Å²) in [6.07, 6.45) is 0. The Kier molecular flexibility index (Phi) is 6.38. The number of thioether (sulfide) groups is 1. The Morgan fingerprint density at radius 2 is 1.88 bits per heavy atom. The van der Waals surface area contributed by atoms with Gasteiger partial charge in [0.25, 0.3) is 5.56 Å². The molecule has 0 fully saturated rings. The van der Waals surface area contributed by atoms with Crippen LogP contribution in [0.1, 0.15) is 13.8 Å². The van der Waals surface area contributed by atoms with Gasteiger partial charge in [-0.15, -0.1) is 0 Å². The Hall–Kier alpha value is -1.79. The minimum absolute atomic E-state index is 0.0284. The highest BCUT2D eigenvalue weighted by Gasteiger charge is 2.12. The van der Waals surface area contributed by atoms with Crippen LogP contribution in [0.25, 0.3) is 10.9 Å². The summed E-state index contributed by atoms with van der Waals surface area (Å²) in [7, 11) is 0. The maximum atomic E-state index is 12.8. The molecule has 0 aliphatic carbocycles. The Bertz CT molecular complexity index is 939. The van der Waals surface area contributed by atoms with Gasteiger partial charge in [-0.05, 0) is 42.3 Å². The van der Waals surface area contributed by atoms with Crippen LogP contribution in [0.4, 0.5) is 0 Å². The Morgan fingerprint density at radius 3 is 2.62 bits per heavy atom. The van der Waals surface area contributed by atoms with E-state index in [0.717, 1.165) is 26.6 Å². The third-order valence-electron chi connectivity index (χ3n) is 3.77. The van der Waals surface area contributed by atoms with Gasteiger partial charge in [-0.25, -0.2) is 4.98 Å². The molecular formula is C20H21BrN2O2S. The van der Waals surface area contributed by atoms with Crippen LogP contribution in [0.5, 0.6) is 5.75 Å². The van der Waals surface area contributed by atoms with Crippen LogP contribution in [0.2, 0.25) is 0 Å². The van der Waals surface area contributed by atoms with Gasteiger partial charge in [-0.2, -0.15) is 0 Å². The van der Waals surface area contributed by atoms with E-state index in [4.69, 9.17) is 9.72 Å². The Morgan fingerprint density at radius 1 is 1.15 bits per heavy atom. The van der Waals surface area contributed by atoms with E-state index in [1.54, 1.807) is 16.3 Å². The molecule has 26 heavy (non-hydrogen) atoms. The van der Waals surface area contributed by atoms with Crippen LogP contribution in [0, 0.1) is 5.92 Å². The van der Waals surface area contributed by atoms with E-state index in [2.05, 4.69) is 29.8 Å². The molecule has 1 aromatic heterocycles. The zero-order valence-electron chi connectivity index (χ0n) is 14.8. The summed E-state index contributed by atoms with van der Waals surface area (Å²) < 4.78 is 8.58.